The van der Waals surface area contributed by atoms with Crippen molar-refractivity contribution in [3.05, 3.63) is 328 Å². The zero-order valence-electron chi connectivity index (χ0n) is 47.0. The van der Waals surface area contributed by atoms with E-state index >= 15 is 0 Å². The SMILES string of the molecule is c1ccc(N2c3ccccc3N(c3ccc4c(-c5ccc(-c6ccc7ccccc7c6)cc5)c(-c5ccc(-c6ccc7ccccc7c6)cc5)c5ccc(N6c7ccccc7N(c7ccccc7)c7ccccc76)cc5c4c3)c3ccccc32)cc1. The highest BCUT2D eigenvalue weighted by Crippen LogP contribution is 2.58. The third-order valence-electron chi connectivity index (χ3n) is 17.6. The molecule has 4 nitrogen and oxygen atoms in total. The van der Waals surface area contributed by atoms with Crippen molar-refractivity contribution in [1.29, 1.82) is 0 Å². The predicted octanol–water partition coefficient (Wildman–Crippen LogP) is 23.5. The first kappa shape index (κ1) is 49.2. The number of fused-ring (bicyclic) bond motifs is 9. The minimum atomic E-state index is 1.08. The molecule has 0 fully saturated rings. The average Bonchev–Trinajstić information content (AvgIpc) is 1.15. The summed E-state index contributed by atoms with van der Waals surface area (Å²) >= 11 is 0. The van der Waals surface area contributed by atoms with E-state index in [9.17, 15) is 0 Å². The molecule has 0 aromatic heterocycles. The highest BCUT2D eigenvalue weighted by atomic mass is 15.3. The summed E-state index contributed by atoms with van der Waals surface area (Å²) in [6, 6.07) is 121. The Hall–Kier alpha value is -11.5. The van der Waals surface area contributed by atoms with Crippen LogP contribution in [0.4, 0.5) is 68.2 Å². The monoisotopic (exact) mass is 1090 g/mol. The lowest BCUT2D eigenvalue weighted by atomic mass is 9.83. The van der Waals surface area contributed by atoms with Crippen molar-refractivity contribution in [2.24, 2.45) is 0 Å². The summed E-state index contributed by atoms with van der Waals surface area (Å²) in [4.78, 5) is 9.72. The number of benzene rings is 15. The number of hydrogen-bond donors (Lipinski definition) is 0. The quantitative estimate of drug-likeness (QED) is 0.141. The molecular weight excluding hydrogens is 1040 g/mol. The topological polar surface area (TPSA) is 13.0 Å². The first-order valence-electron chi connectivity index (χ1n) is 29.6. The fourth-order valence-electron chi connectivity index (χ4n) is 13.6. The third kappa shape index (κ3) is 8.07. The number of rotatable bonds is 8. The highest BCUT2D eigenvalue weighted by molar-refractivity contribution is 6.23. The Morgan fingerprint density at radius 2 is 0.419 bits per heavy atom. The van der Waals surface area contributed by atoms with Gasteiger partial charge in [-0.25, -0.2) is 0 Å². The van der Waals surface area contributed by atoms with Gasteiger partial charge in [-0.2, -0.15) is 0 Å². The Morgan fingerprint density at radius 1 is 0.151 bits per heavy atom. The molecule has 2 heterocycles. The summed E-state index contributed by atoms with van der Waals surface area (Å²) in [5, 5.41) is 9.61. The summed E-state index contributed by atoms with van der Waals surface area (Å²) in [6.07, 6.45) is 0. The lowest BCUT2D eigenvalue weighted by molar-refractivity contribution is 1.17. The number of nitrogens with zero attached hydrogens (tertiary/aromatic N) is 4. The molecule has 17 rings (SSSR count). The lowest BCUT2D eigenvalue weighted by Gasteiger charge is -2.40. The van der Waals surface area contributed by atoms with E-state index in [0.29, 0.717) is 0 Å². The molecule has 86 heavy (non-hydrogen) atoms. The first-order valence-corrected chi connectivity index (χ1v) is 29.6. The molecule has 2 aliphatic heterocycles. The van der Waals surface area contributed by atoms with Crippen molar-refractivity contribution in [1.82, 2.24) is 0 Å². The third-order valence-corrected chi connectivity index (χ3v) is 17.6. The Bertz CT molecular complexity index is 4710. The predicted molar refractivity (Wildman–Crippen MR) is 364 cm³/mol. The molecule has 0 saturated heterocycles. The van der Waals surface area contributed by atoms with E-state index in [0.717, 1.165) is 90.1 Å². The van der Waals surface area contributed by atoms with Gasteiger partial charge in [-0.3, -0.25) is 0 Å². The number of hydrogen-bond acceptors (Lipinski definition) is 4. The maximum atomic E-state index is 2.46. The molecule has 0 bridgehead atoms. The van der Waals surface area contributed by atoms with E-state index in [-0.39, 0.29) is 0 Å². The van der Waals surface area contributed by atoms with Crippen molar-refractivity contribution in [3.63, 3.8) is 0 Å². The standard InChI is InChI=1S/C82H54N4/c1-3-23-65(24-4-1)83-73-27-11-15-31-77(73)85(78-32-16-12-28-74(78)83)67-47-49-69-71(53-67)72-54-68(86-79-33-17-13-29-75(79)84(66-25-5-2-6-26-66)76-30-14-18-34-80(76)86)48-50-70(72)82(60-43-37-58(38-44-60)64-46-40-56-20-8-10-22-62(56)52-64)81(69)59-41-35-57(36-42-59)63-45-39-55-19-7-9-21-61(55)51-63/h1-54H. The average molecular weight is 1100 g/mol. The second-order valence-electron chi connectivity index (χ2n) is 22.5. The van der Waals surface area contributed by atoms with Crippen molar-refractivity contribution in [3.8, 4) is 44.5 Å². The summed E-state index contributed by atoms with van der Waals surface area (Å²) in [7, 11) is 0. The molecule has 402 valence electrons. The van der Waals surface area contributed by atoms with Gasteiger partial charge in [-0.15, -0.1) is 0 Å². The molecule has 2 aliphatic rings. The van der Waals surface area contributed by atoms with Crippen molar-refractivity contribution < 1.29 is 0 Å². The normalized spacial score (nSPS) is 12.6. The van der Waals surface area contributed by atoms with E-state index in [4.69, 9.17) is 0 Å². The molecule has 15 aromatic rings. The van der Waals surface area contributed by atoms with Crippen LogP contribution < -0.4 is 19.6 Å². The number of para-hydroxylation sites is 10. The van der Waals surface area contributed by atoms with Crippen LogP contribution in [0.15, 0.2) is 328 Å². The molecule has 0 amide bonds. The minimum Gasteiger partial charge on any atom is -0.306 e. The Balaban J connectivity index is 0.924. The zero-order valence-corrected chi connectivity index (χ0v) is 47.0. The minimum absolute atomic E-state index is 1.08. The van der Waals surface area contributed by atoms with Gasteiger partial charge in [0.05, 0.1) is 45.5 Å². The van der Waals surface area contributed by atoms with Crippen LogP contribution in [0.1, 0.15) is 0 Å². The van der Waals surface area contributed by atoms with E-state index in [1.165, 1.54) is 65.7 Å². The summed E-state index contributed by atoms with van der Waals surface area (Å²) < 4.78 is 0. The van der Waals surface area contributed by atoms with Gasteiger partial charge in [0.2, 0.25) is 0 Å². The Kier molecular flexibility index (Phi) is 11.5. The first-order chi connectivity index (χ1) is 42.7. The summed E-state index contributed by atoms with van der Waals surface area (Å²) in [5.41, 5.74) is 22.7. The van der Waals surface area contributed by atoms with Gasteiger partial charge < -0.3 is 19.6 Å². The van der Waals surface area contributed by atoms with Crippen LogP contribution >= 0.6 is 0 Å². The fraction of sp³-hybridized carbons (Fsp3) is 0. The van der Waals surface area contributed by atoms with Crippen LogP contribution in [-0.4, -0.2) is 0 Å². The second kappa shape index (κ2) is 20.2. The van der Waals surface area contributed by atoms with Gasteiger partial charge in [-0.05, 0) is 197 Å². The van der Waals surface area contributed by atoms with Gasteiger partial charge in [0.25, 0.3) is 0 Å². The zero-order chi connectivity index (χ0) is 56.7. The molecule has 0 saturated carbocycles. The van der Waals surface area contributed by atoms with Crippen LogP contribution in [0.2, 0.25) is 0 Å². The molecule has 15 aromatic carbocycles. The maximum Gasteiger partial charge on any atom is 0.0703 e. The molecule has 0 aliphatic carbocycles. The Labute approximate surface area is 500 Å². The number of anilines is 12. The van der Waals surface area contributed by atoms with Crippen molar-refractivity contribution in [2.75, 3.05) is 19.6 Å². The molecule has 0 N–H and O–H groups in total. The van der Waals surface area contributed by atoms with E-state index in [2.05, 4.69) is 347 Å². The molecule has 4 heteroatoms. The maximum absolute atomic E-state index is 2.46. The van der Waals surface area contributed by atoms with Crippen LogP contribution in [0, 0.1) is 0 Å². The van der Waals surface area contributed by atoms with Crippen LogP contribution in [0.5, 0.6) is 0 Å². The molecule has 0 radical (unpaired) electrons. The summed E-state index contributed by atoms with van der Waals surface area (Å²) in [6.45, 7) is 0. The smallest absolute Gasteiger partial charge is 0.0703 e. The van der Waals surface area contributed by atoms with Crippen LogP contribution in [0.3, 0.4) is 0 Å². The highest BCUT2D eigenvalue weighted by Gasteiger charge is 2.33. The lowest BCUT2D eigenvalue weighted by Crippen LogP contribution is -2.24. The van der Waals surface area contributed by atoms with Gasteiger partial charge in [0, 0.05) is 22.7 Å². The molecule has 0 unspecified atom stereocenters. The molecule has 0 spiro atoms. The van der Waals surface area contributed by atoms with E-state index < -0.39 is 0 Å². The second-order valence-corrected chi connectivity index (χ2v) is 22.5. The van der Waals surface area contributed by atoms with Crippen LogP contribution in [-0.2, 0) is 0 Å². The van der Waals surface area contributed by atoms with E-state index in [1.807, 2.05) is 0 Å². The van der Waals surface area contributed by atoms with Crippen molar-refractivity contribution >= 4 is 111 Å². The largest absolute Gasteiger partial charge is 0.306 e. The molecular formula is C82H54N4. The van der Waals surface area contributed by atoms with Gasteiger partial charge in [0.15, 0.2) is 0 Å². The van der Waals surface area contributed by atoms with Gasteiger partial charge in [0.1, 0.15) is 0 Å². The van der Waals surface area contributed by atoms with E-state index in [1.54, 1.807) is 0 Å². The Morgan fingerprint density at radius 3 is 0.756 bits per heavy atom. The van der Waals surface area contributed by atoms with Crippen molar-refractivity contribution in [2.45, 2.75) is 0 Å². The fourth-order valence-corrected chi connectivity index (χ4v) is 13.6. The summed E-state index contributed by atoms with van der Waals surface area (Å²) in [5.74, 6) is 0. The van der Waals surface area contributed by atoms with Gasteiger partial charge in [-0.1, -0.05) is 218 Å². The van der Waals surface area contributed by atoms with Crippen LogP contribution in [0.25, 0.3) is 87.6 Å². The molecule has 0 atom stereocenters. The van der Waals surface area contributed by atoms with Gasteiger partial charge >= 0.3 is 0 Å².